The first-order valence-electron chi connectivity index (χ1n) is 7.41. The third-order valence-corrected chi connectivity index (χ3v) is 4.46. The molecule has 1 amide bonds. The summed E-state index contributed by atoms with van der Waals surface area (Å²) >= 11 is 1.63. The van der Waals surface area contributed by atoms with Gasteiger partial charge in [0, 0.05) is 6.42 Å². The maximum atomic E-state index is 12.1. The van der Waals surface area contributed by atoms with E-state index in [2.05, 4.69) is 33.7 Å². The summed E-state index contributed by atoms with van der Waals surface area (Å²) in [5, 5.41) is 6.73. The number of hydrogen-bond acceptors (Lipinski definition) is 5. The molecular weight excluding hydrogens is 298 g/mol. The molecule has 0 radical (unpaired) electrons. The number of carbonyl (C=O) groups is 1. The molecule has 22 heavy (non-hydrogen) atoms. The van der Waals surface area contributed by atoms with Crippen LogP contribution in [0.2, 0.25) is 0 Å². The Kier molecular flexibility index (Phi) is 4.77. The van der Waals surface area contributed by atoms with Gasteiger partial charge in [-0.15, -0.1) is 0 Å². The molecule has 0 unspecified atom stereocenters. The van der Waals surface area contributed by atoms with Gasteiger partial charge in [0.15, 0.2) is 5.82 Å². The van der Waals surface area contributed by atoms with E-state index in [1.165, 1.54) is 11.1 Å². The number of aromatic nitrogens is 2. The number of benzene rings is 1. The Labute approximate surface area is 133 Å². The molecule has 1 aliphatic rings. The van der Waals surface area contributed by atoms with Gasteiger partial charge in [0.25, 0.3) is 0 Å². The van der Waals surface area contributed by atoms with E-state index in [1.54, 1.807) is 11.8 Å². The zero-order valence-corrected chi connectivity index (χ0v) is 13.4. The van der Waals surface area contributed by atoms with Gasteiger partial charge in [0.2, 0.25) is 11.8 Å². The molecule has 1 aromatic carbocycles. The quantitative estimate of drug-likeness (QED) is 0.887. The van der Waals surface area contributed by atoms with Crippen LogP contribution >= 0.6 is 11.8 Å². The Morgan fingerprint density at radius 2 is 2.32 bits per heavy atom. The first-order valence-corrected chi connectivity index (χ1v) is 8.80. The van der Waals surface area contributed by atoms with Crippen molar-refractivity contribution in [3.05, 3.63) is 47.1 Å². The molecule has 1 heterocycles. The van der Waals surface area contributed by atoms with Crippen LogP contribution in [0.5, 0.6) is 0 Å². The summed E-state index contributed by atoms with van der Waals surface area (Å²) in [6, 6.07) is 8.38. The van der Waals surface area contributed by atoms with E-state index in [-0.39, 0.29) is 5.91 Å². The molecule has 6 heteroatoms. The molecule has 0 saturated heterocycles. The highest BCUT2D eigenvalue weighted by molar-refractivity contribution is 7.97. The standard InChI is InChI=1S/C16H19N3O2S/c1-22-10-14-18-16(21-19-14)9-17-15(20)8-12-7-6-11-4-2-3-5-13(11)12/h2-5,12H,6-10H2,1H3,(H,17,20)/t12-/m0/s1. The number of thioether (sulfide) groups is 1. The molecule has 1 aromatic heterocycles. The summed E-state index contributed by atoms with van der Waals surface area (Å²) in [4.78, 5) is 16.3. The Bertz CT molecular complexity index is 656. The zero-order chi connectivity index (χ0) is 15.4. The summed E-state index contributed by atoms with van der Waals surface area (Å²) < 4.78 is 5.10. The monoisotopic (exact) mass is 317 g/mol. The van der Waals surface area contributed by atoms with Gasteiger partial charge < -0.3 is 9.84 Å². The van der Waals surface area contributed by atoms with Gasteiger partial charge in [-0.3, -0.25) is 4.79 Å². The minimum Gasteiger partial charge on any atom is -0.347 e. The molecule has 0 aliphatic heterocycles. The number of rotatable bonds is 6. The minimum absolute atomic E-state index is 0.0336. The average Bonchev–Trinajstić information content (AvgIpc) is 3.13. The van der Waals surface area contributed by atoms with Crippen molar-refractivity contribution in [2.24, 2.45) is 0 Å². The van der Waals surface area contributed by atoms with Crippen LogP contribution in [0.3, 0.4) is 0 Å². The fourth-order valence-corrected chi connectivity index (χ4v) is 3.25. The number of amides is 1. The highest BCUT2D eigenvalue weighted by atomic mass is 32.2. The molecule has 1 atom stereocenters. The van der Waals surface area contributed by atoms with Gasteiger partial charge in [-0.05, 0) is 36.1 Å². The van der Waals surface area contributed by atoms with E-state index in [0.717, 1.165) is 18.6 Å². The molecule has 5 nitrogen and oxygen atoms in total. The maximum Gasteiger partial charge on any atom is 0.246 e. The van der Waals surface area contributed by atoms with E-state index < -0.39 is 0 Å². The van der Waals surface area contributed by atoms with E-state index in [1.807, 2.05) is 12.3 Å². The number of aryl methyl sites for hydroxylation is 1. The number of nitrogens with one attached hydrogen (secondary N) is 1. The Hall–Kier alpha value is -1.82. The second kappa shape index (κ2) is 6.96. The van der Waals surface area contributed by atoms with Crippen molar-refractivity contribution in [1.29, 1.82) is 0 Å². The average molecular weight is 317 g/mol. The van der Waals surface area contributed by atoms with Gasteiger partial charge in [0.05, 0.1) is 12.3 Å². The van der Waals surface area contributed by atoms with Crippen LogP contribution in [0.25, 0.3) is 0 Å². The largest absolute Gasteiger partial charge is 0.347 e. The van der Waals surface area contributed by atoms with Crippen molar-refractivity contribution in [3.63, 3.8) is 0 Å². The molecular formula is C16H19N3O2S. The van der Waals surface area contributed by atoms with Crippen molar-refractivity contribution in [1.82, 2.24) is 15.5 Å². The lowest BCUT2D eigenvalue weighted by atomic mass is 9.97. The van der Waals surface area contributed by atoms with Gasteiger partial charge in [-0.1, -0.05) is 29.4 Å². The van der Waals surface area contributed by atoms with Crippen molar-refractivity contribution < 1.29 is 9.32 Å². The minimum atomic E-state index is 0.0336. The fourth-order valence-electron chi connectivity index (χ4n) is 2.88. The molecule has 0 fully saturated rings. The lowest BCUT2D eigenvalue weighted by Gasteiger charge is -2.10. The number of nitrogens with zero attached hydrogens (tertiary/aromatic N) is 2. The van der Waals surface area contributed by atoms with Crippen molar-refractivity contribution in [2.45, 2.75) is 37.5 Å². The first kappa shape index (κ1) is 15.1. The summed E-state index contributed by atoms with van der Waals surface area (Å²) in [6.45, 7) is 0.300. The van der Waals surface area contributed by atoms with E-state index in [0.29, 0.717) is 30.6 Å². The highest BCUT2D eigenvalue weighted by Crippen LogP contribution is 2.35. The van der Waals surface area contributed by atoms with Gasteiger partial charge in [-0.25, -0.2) is 0 Å². The van der Waals surface area contributed by atoms with Gasteiger partial charge >= 0.3 is 0 Å². The van der Waals surface area contributed by atoms with Crippen LogP contribution in [0.1, 0.15) is 41.6 Å². The molecule has 2 aromatic rings. The molecule has 1 N–H and O–H groups in total. The predicted molar refractivity (Wildman–Crippen MR) is 85.5 cm³/mol. The Morgan fingerprint density at radius 3 is 3.18 bits per heavy atom. The number of fused-ring (bicyclic) bond motifs is 1. The fraction of sp³-hybridized carbons (Fsp3) is 0.438. The molecule has 0 saturated carbocycles. The summed E-state index contributed by atoms with van der Waals surface area (Å²) in [6.07, 6.45) is 4.61. The first-order chi connectivity index (χ1) is 10.8. The number of hydrogen-bond donors (Lipinski definition) is 1. The second-order valence-corrected chi connectivity index (χ2v) is 6.32. The lowest BCUT2D eigenvalue weighted by Crippen LogP contribution is -2.24. The van der Waals surface area contributed by atoms with Crippen molar-refractivity contribution in [2.75, 3.05) is 6.26 Å². The van der Waals surface area contributed by atoms with E-state index >= 15 is 0 Å². The molecule has 0 bridgehead atoms. The van der Waals surface area contributed by atoms with Gasteiger partial charge in [0.1, 0.15) is 0 Å². The highest BCUT2D eigenvalue weighted by Gasteiger charge is 2.24. The molecule has 116 valence electrons. The third kappa shape index (κ3) is 3.50. The van der Waals surface area contributed by atoms with Crippen molar-refractivity contribution in [3.8, 4) is 0 Å². The third-order valence-electron chi connectivity index (χ3n) is 3.91. The predicted octanol–water partition coefficient (Wildman–Crippen LogP) is 2.67. The topological polar surface area (TPSA) is 68.0 Å². The van der Waals surface area contributed by atoms with Crippen molar-refractivity contribution >= 4 is 17.7 Å². The number of carbonyl (C=O) groups excluding carboxylic acids is 1. The molecule has 3 rings (SSSR count). The Balaban J connectivity index is 1.51. The van der Waals surface area contributed by atoms with Crippen LogP contribution in [0.15, 0.2) is 28.8 Å². The van der Waals surface area contributed by atoms with Crippen LogP contribution in [-0.4, -0.2) is 22.3 Å². The molecule has 0 spiro atoms. The van der Waals surface area contributed by atoms with Gasteiger partial charge in [-0.2, -0.15) is 16.7 Å². The molecule has 1 aliphatic carbocycles. The van der Waals surface area contributed by atoms with E-state index in [4.69, 9.17) is 4.52 Å². The smallest absolute Gasteiger partial charge is 0.246 e. The summed E-state index contributed by atoms with van der Waals surface area (Å²) in [5.74, 6) is 2.21. The van der Waals surface area contributed by atoms with Crippen LogP contribution in [0, 0.1) is 0 Å². The van der Waals surface area contributed by atoms with Crippen LogP contribution in [-0.2, 0) is 23.5 Å². The maximum absolute atomic E-state index is 12.1. The normalized spacial score (nSPS) is 16.5. The SMILES string of the molecule is CSCc1noc(CNC(=O)C[C@@H]2CCc3ccccc32)n1. The Morgan fingerprint density at radius 1 is 1.45 bits per heavy atom. The van der Waals surface area contributed by atoms with E-state index in [9.17, 15) is 4.79 Å². The van der Waals surface area contributed by atoms with Crippen LogP contribution in [0.4, 0.5) is 0 Å². The summed E-state index contributed by atoms with van der Waals surface area (Å²) in [5.41, 5.74) is 2.69. The zero-order valence-electron chi connectivity index (χ0n) is 12.5. The second-order valence-electron chi connectivity index (χ2n) is 5.45. The lowest BCUT2D eigenvalue weighted by molar-refractivity contribution is -0.121. The van der Waals surface area contributed by atoms with Crippen LogP contribution < -0.4 is 5.32 Å². The summed E-state index contributed by atoms with van der Waals surface area (Å²) in [7, 11) is 0.